The molecule has 4 nitrogen and oxygen atoms in total. The van der Waals surface area contributed by atoms with Crippen molar-refractivity contribution in [3.63, 3.8) is 0 Å². The Morgan fingerprint density at radius 3 is 1.52 bits per heavy atom. The number of hydrogen-bond acceptors (Lipinski definition) is 4. The van der Waals surface area contributed by atoms with Crippen LogP contribution in [0.15, 0.2) is 91.0 Å². The van der Waals surface area contributed by atoms with Crippen molar-refractivity contribution >= 4 is 0 Å². The van der Waals surface area contributed by atoms with E-state index in [9.17, 15) is 0 Å². The summed E-state index contributed by atoms with van der Waals surface area (Å²) in [7, 11) is 0. The largest absolute Gasteiger partial charge is 0.373 e. The summed E-state index contributed by atoms with van der Waals surface area (Å²) in [6.45, 7) is 4.06. The van der Waals surface area contributed by atoms with Gasteiger partial charge in [-0.3, -0.25) is 0 Å². The van der Waals surface area contributed by atoms with Crippen LogP contribution >= 0.6 is 0 Å². The molecule has 0 amide bonds. The summed E-state index contributed by atoms with van der Waals surface area (Å²) in [6.07, 6.45) is -0.739. The fourth-order valence-corrected chi connectivity index (χ4v) is 3.80. The van der Waals surface area contributed by atoms with E-state index >= 15 is 0 Å². The Kier molecular flexibility index (Phi) is 7.86. The Labute approximate surface area is 184 Å². The van der Waals surface area contributed by atoms with E-state index in [-0.39, 0.29) is 24.4 Å². The van der Waals surface area contributed by atoms with Crippen molar-refractivity contribution in [1.82, 2.24) is 0 Å². The van der Waals surface area contributed by atoms with Gasteiger partial charge in [-0.25, -0.2) is 0 Å². The molecule has 0 radical (unpaired) electrons. The van der Waals surface area contributed by atoms with E-state index in [0.29, 0.717) is 26.4 Å². The number of rotatable bonds is 9. The predicted octanol–water partition coefficient (Wildman–Crippen LogP) is 5.16. The average Bonchev–Trinajstić information content (AvgIpc) is 2.83. The predicted molar refractivity (Wildman–Crippen MR) is 120 cm³/mol. The maximum Gasteiger partial charge on any atom is 0.115 e. The third-order valence-corrected chi connectivity index (χ3v) is 5.55. The van der Waals surface area contributed by atoms with Gasteiger partial charge in [0, 0.05) is 0 Å². The third-order valence-electron chi connectivity index (χ3n) is 5.55. The van der Waals surface area contributed by atoms with Crippen molar-refractivity contribution in [2.45, 2.75) is 51.2 Å². The molecule has 0 aromatic heterocycles. The summed E-state index contributed by atoms with van der Waals surface area (Å²) >= 11 is 0. The normalized spacial score (nSPS) is 23.5. The van der Waals surface area contributed by atoms with E-state index in [0.717, 1.165) is 16.7 Å². The summed E-state index contributed by atoms with van der Waals surface area (Å²) in [6, 6.07) is 30.6. The van der Waals surface area contributed by atoms with E-state index in [4.69, 9.17) is 18.9 Å². The molecule has 3 aromatic rings. The van der Waals surface area contributed by atoms with Gasteiger partial charge < -0.3 is 18.9 Å². The Morgan fingerprint density at radius 2 is 1.03 bits per heavy atom. The van der Waals surface area contributed by atoms with Gasteiger partial charge in [0.1, 0.15) is 18.3 Å². The fourth-order valence-electron chi connectivity index (χ4n) is 3.80. The summed E-state index contributed by atoms with van der Waals surface area (Å²) in [5.74, 6) is 0. The highest BCUT2D eigenvalue weighted by Crippen LogP contribution is 2.26. The molecule has 31 heavy (non-hydrogen) atoms. The van der Waals surface area contributed by atoms with Gasteiger partial charge in [0.2, 0.25) is 0 Å². The maximum atomic E-state index is 6.41. The maximum absolute atomic E-state index is 6.41. The molecule has 0 bridgehead atoms. The monoisotopic (exact) mass is 418 g/mol. The van der Waals surface area contributed by atoms with Gasteiger partial charge in [-0.1, -0.05) is 91.0 Å². The van der Waals surface area contributed by atoms with Crippen LogP contribution < -0.4 is 0 Å². The van der Waals surface area contributed by atoms with Gasteiger partial charge in [0.25, 0.3) is 0 Å². The highest BCUT2D eigenvalue weighted by molar-refractivity contribution is 5.15. The Balaban J connectivity index is 1.46. The van der Waals surface area contributed by atoms with Crippen LogP contribution in [0.2, 0.25) is 0 Å². The van der Waals surface area contributed by atoms with Gasteiger partial charge in [0.15, 0.2) is 0 Å². The number of ether oxygens (including phenoxy) is 4. The molecule has 1 heterocycles. The van der Waals surface area contributed by atoms with E-state index in [1.165, 1.54) is 0 Å². The lowest BCUT2D eigenvalue weighted by molar-refractivity contribution is -0.234. The van der Waals surface area contributed by atoms with Gasteiger partial charge in [-0.15, -0.1) is 0 Å². The van der Waals surface area contributed by atoms with Crippen molar-refractivity contribution < 1.29 is 18.9 Å². The topological polar surface area (TPSA) is 36.9 Å². The minimum absolute atomic E-state index is 0.0824. The van der Waals surface area contributed by atoms with E-state index in [1.807, 2.05) is 61.5 Å². The van der Waals surface area contributed by atoms with Crippen molar-refractivity contribution in [3.8, 4) is 0 Å². The highest BCUT2D eigenvalue weighted by atomic mass is 16.6. The third kappa shape index (κ3) is 6.25. The molecular weight excluding hydrogens is 388 g/mol. The standard InChI is InChI=1S/C27H30O4/c1-21-26(30-18-23-13-7-3-8-14-23)27(31-19-24-15-9-4-10-16-24)25(20-28-21)29-17-22-11-5-2-6-12-22/h2-16,21,25-27H,17-20H2,1H3/t21-,25-,26-,27+/m1/s1. The second kappa shape index (κ2) is 11.2. The zero-order valence-electron chi connectivity index (χ0n) is 17.9. The molecule has 1 fully saturated rings. The summed E-state index contributed by atoms with van der Waals surface area (Å²) in [5.41, 5.74) is 3.39. The molecule has 0 N–H and O–H groups in total. The van der Waals surface area contributed by atoms with Gasteiger partial charge >= 0.3 is 0 Å². The molecule has 162 valence electrons. The van der Waals surface area contributed by atoms with E-state index in [1.54, 1.807) is 0 Å². The molecule has 1 aliphatic heterocycles. The van der Waals surface area contributed by atoms with Gasteiger partial charge in [-0.2, -0.15) is 0 Å². The smallest absolute Gasteiger partial charge is 0.115 e. The molecule has 4 rings (SSSR count). The molecule has 0 aliphatic carbocycles. The molecular formula is C27H30O4. The fraction of sp³-hybridized carbons (Fsp3) is 0.333. The highest BCUT2D eigenvalue weighted by Gasteiger charge is 2.41. The molecule has 3 aromatic carbocycles. The van der Waals surface area contributed by atoms with E-state index < -0.39 is 0 Å². The lowest BCUT2D eigenvalue weighted by atomic mass is 10.00. The van der Waals surface area contributed by atoms with Crippen LogP contribution in [0.5, 0.6) is 0 Å². The molecule has 0 unspecified atom stereocenters. The first kappa shape index (κ1) is 21.7. The molecule has 1 aliphatic rings. The van der Waals surface area contributed by atoms with E-state index in [2.05, 4.69) is 36.4 Å². The van der Waals surface area contributed by atoms with Crippen LogP contribution in [0.1, 0.15) is 23.6 Å². The van der Waals surface area contributed by atoms with Crippen molar-refractivity contribution in [2.24, 2.45) is 0 Å². The first-order chi connectivity index (χ1) is 15.3. The summed E-state index contributed by atoms with van der Waals surface area (Å²) < 4.78 is 25.0. The zero-order chi connectivity index (χ0) is 21.3. The molecule has 0 saturated carbocycles. The average molecular weight is 419 g/mol. The Hall–Kier alpha value is -2.50. The number of benzene rings is 3. The quantitative estimate of drug-likeness (QED) is 0.481. The second-order valence-corrected chi connectivity index (χ2v) is 7.90. The summed E-state index contributed by atoms with van der Waals surface area (Å²) in [4.78, 5) is 0. The number of hydrogen-bond donors (Lipinski definition) is 0. The van der Waals surface area contributed by atoms with Crippen molar-refractivity contribution in [1.29, 1.82) is 0 Å². The van der Waals surface area contributed by atoms with Crippen LogP contribution in [-0.4, -0.2) is 31.0 Å². The molecule has 4 heteroatoms. The minimum Gasteiger partial charge on any atom is -0.373 e. The minimum atomic E-state index is -0.226. The lowest BCUT2D eigenvalue weighted by Crippen LogP contribution is -2.55. The van der Waals surface area contributed by atoms with Crippen LogP contribution in [-0.2, 0) is 38.8 Å². The van der Waals surface area contributed by atoms with Crippen LogP contribution in [0.3, 0.4) is 0 Å². The first-order valence-corrected chi connectivity index (χ1v) is 10.9. The molecule has 0 spiro atoms. The zero-order valence-corrected chi connectivity index (χ0v) is 17.9. The lowest BCUT2D eigenvalue weighted by Gasteiger charge is -2.41. The Bertz CT molecular complexity index is 885. The SMILES string of the molecule is C[C@H]1OC[C@@H](OCc2ccccc2)[C@H](OCc2ccccc2)[C@@H]1OCc1ccccc1. The van der Waals surface area contributed by atoms with Gasteiger partial charge in [-0.05, 0) is 23.6 Å². The molecule has 4 atom stereocenters. The van der Waals surface area contributed by atoms with Gasteiger partial charge in [0.05, 0.1) is 32.5 Å². The van der Waals surface area contributed by atoms with Crippen LogP contribution in [0, 0.1) is 0 Å². The van der Waals surface area contributed by atoms with Crippen molar-refractivity contribution in [2.75, 3.05) is 6.61 Å². The van der Waals surface area contributed by atoms with Crippen molar-refractivity contribution in [3.05, 3.63) is 108 Å². The molecule has 1 saturated heterocycles. The first-order valence-electron chi connectivity index (χ1n) is 10.9. The van der Waals surface area contributed by atoms with Crippen LogP contribution in [0.4, 0.5) is 0 Å². The Morgan fingerprint density at radius 1 is 0.613 bits per heavy atom. The second-order valence-electron chi connectivity index (χ2n) is 7.90. The summed E-state index contributed by atoms with van der Waals surface area (Å²) in [5, 5.41) is 0. The van der Waals surface area contributed by atoms with Crippen LogP contribution in [0.25, 0.3) is 0 Å².